The third-order valence-corrected chi connectivity index (χ3v) is 5.85. The van der Waals surface area contributed by atoms with E-state index in [4.69, 9.17) is 4.74 Å². The fourth-order valence-corrected chi connectivity index (χ4v) is 4.23. The van der Waals surface area contributed by atoms with Crippen molar-refractivity contribution < 1.29 is 4.74 Å². The lowest BCUT2D eigenvalue weighted by atomic mass is 10.0. The van der Waals surface area contributed by atoms with Crippen LogP contribution in [-0.4, -0.2) is 40.0 Å². The van der Waals surface area contributed by atoms with Crippen LogP contribution in [0.25, 0.3) is 0 Å². The zero-order valence-corrected chi connectivity index (χ0v) is 14.5. The van der Waals surface area contributed by atoms with Gasteiger partial charge in [-0.2, -0.15) is 5.10 Å². The fraction of sp³-hybridized carbons (Fsp3) is 0.611. The minimum Gasteiger partial charge on any atom is -0.376 e. The molecule has 0 spiro atoms. The number of aromatic nitrogens is 2. The molecule has 2 fully saturated rings. The van der Waals surface area contributed by atoms with Crippen LogP contribution in [-0.2, 0) is 24.8 Å². The molecule has 0 bridgehead atoms. The maximum Gasteiger partial charge on any atom is 0.0745 e. The molecule has 0 radical (unpaired) electrons. The van der Waals surface area contributed by atoms with Crippen molar-refractivity contribution in [2.24, 2.45) is 13.0 Å². The SMILES string of the molecule is Cn1cc(C[C@H]2[C@@H](OCC3CC3)CCN2Cc2cccs2)cn1. The lowest BCUT2D eigenvalue weighted by Gasteiger charge is -2.27. The molecule has 1 saturated heterocycles. The van der Waals surface area contributed by atoms with Crippen LogP contribution in [0.2, 0.25) is 0 Å². The van der Waals surface area contributed by atoms with Crippen molar-refractivity contribution in [2.45, 2.75) is 44.4 Å². The van der Waals surface area contributed by atoms with Crippen LogP contribution in [0.5, 0.6) is 0 Å². The first kappa shape index (κ1) is 15.4. The molecule has 3 heterocycles. The topological polar surface area (TPSA) is 30.3 Å². The quantitative estimate of drug-likeness (QED) is 0.781. The Morgan fingerprint density at radius 2 is 2.26 bits per heavy atom. The summed E-state index contributed by atoms with van der Waals surface area (Å²) in [6.45, 7) is 3.14. The Bertz CT molecular complexity index is 620. The van der Waals surface area contributed by atoms with Crippen LogP contribution in [0.1, 0.15) is 29.7 Å². The van der Waals surface area contributed by atoms with Crippen LogP contribution in [0.3, 0.4) is 0 Å². The average molecular weight is 331 g/mol. The minimum absolute atomic E-state index is 0.371. The normalized spacial score (nSPS) is 25.3. The van der Waals surface area contributed by atoms with Gasteiger partial charge in [0.25, 0.3) is 0 Å². The largest absolute Gasteiger partial charge is 0.376 e. The Hall–Kier alpha value is -1.17. The second-order valence-electron chi connectivity index (χ2n) is 6.95. The van der Waals surface area contributed by atoms with Crippen LogP contribution in [0, 0.1) is 5.92 Å². The van der Waals surface area contributed by atoms with Gasteiger partial charge in [0.05, 0.1) is 12.3 Å². The molecule has 5 heteroatoms. The van der Waals surface area contributed by atoms with E-state index in [2.05, 4.69) is 33.7 Å². The van der Waals surface area contributed by atoms with Crippen molar-refractivity contribution in [3.05, 3.63) is 40.3 Å². The van der Waals surface area contributed by atoms with Crippen LogP contribution < -0.4 is 0 Å². The van der Waals surface area contributed by atoms with Crippen molar-refractivity contribution in [3.8, 4) is 0 Å². The second kappa shape index (κ2) is 6.75. The van der Waals surface area contributed by atoms with Crippen molar-refractivity contribution in [1.82, 2.24) is 14.7 Å². The molecular weight excluding hydrogens is 306 g/mol. The smallest absolute Gasteiger partial charge is 0.0745 e. The minimum atomic E-state index is 0.371. The molecule has 4 rings (SSSR count). The number of aryl methyl sites for hydroxylation is 1. The monoisotopic (exact) mass is 331 g/mol. The molecule has 2 aliphatic rings. The zero-order chi connectivity index (χ0) is 15.6. The van der Waals surface area contributed by atoms with Crippen molar-refractivity contribution in [3.63, 3.8) is 0 Å². The van der Waals surface area contributed by atoms with Crippen LogP contribution >= 0.6 is 11.3 Å². The first-order valence-electron chi connectivity index (χ1n) is 8.63. The highest BCUT2D eigenvalue weighted by Gasteiger charge is 2.36. The highest BCUT2D eigenvalue weighted by molar-refractivity contribution is 7.09. The Morgan fingerprint density at radius 1 is 1.35 bits per heavy atom. The number of ether oxygens (including phenoxy) is 1. The van der Waals surface area contributed by atoms with Gasteiger partial charge in [0.2, 0.25) is 0 Å². The molecule has 0 N–H and O–H groups in total. The lowest BCUT2D eigenvalue weighted by Crippen LogP contribution is -2.38. The number of thiophene rings is 1. The summed E-state index contributed by atoms with van der Waals surface area (Å²) in [6, 6.07) is 4.86. The predicted octanol–water partition coefficient (Wildman–Crippen LogP) is 3.09. The number of rotatable bonds is 7. The number of nitrogens with zero attached hydrogens (tertiary/aromatic N) is 3. The van der Waals surface area contributed by atoms with Crippen molar-refractivity contribution in [1.29, 1.82) is 0 Å². The van der Waals surface area contributed by atoms with Gasteiger partial charge in [-0.05, 0) is 48.6 Å². The van der Waals surface area contributed by atoms with Gasteiger partial charge in [0.15, 0.2) is 0 Å². The van der Waals surface area contributed by atoms with Gasteiger partial charge in [-0.15, -0.1) is 11.3 Å². The zero-order valence-electron chi connectivity index (χ0n) is 13.7. The standard InChI is InChI=1S/C18H25N3OS/c1-20-11-15(10-19-20)9-17-18(22-13-14-4-5-14)6-7-21(17)12-16-3-2-8-23-16/h2-3,8,10-11,14,17-18H,4-7,9,12-13H2,1H3/t17-,18-/m0/s1. The molecule has 1 aliphatic heterocycles. The highest BCUT2D eigenvalue weighted by Crippen LogP contribution is 2.32. The molecule has 2 atom stereocenters. The summed E-state index contributed by atoms with van der Waals surface area (Å²) in [7, 11) is 1.99. The molecular formula is C18H25N3OS. The Balaban J connectivity index is 1.45. The first-order valence-corrected chi connectivity index (χ1v) is 9.51. The Labute approximate surface area is 142 Å². The maximum atomic E-state index is 6.30. The summed E-state index contributed by atoms with van der Waals surface area (Å²) in [4.78, 5) is 4.06. The third-order valence-electron chi connectivity index (χ3n) is 4.98. The summed E-state index contributed by atoms with van der Waals surface area (Å²) in [5.41, 5.74) is 1.32. The van der Waals surface area contributed by atoms with E-state index >= 15 is 0 Å². The molecule has 1 saturated carbocycles. The number of hydrogen-bond acceptors (Lipinski definition) is 4. The van der Waals surface area contributed by atoms with Gasteiger partial charge < -0.3 is 4.74 Å². The second-order valence-corrected chi connectivity index (χ2v) is 7.98. The molecule has 2 aromatic heterocycles. The molecule has 0 unspecified atom stereocenters. The Kier molecular flexibility index (Phi) is 4.51. The van der Waals surface area contributed by atoms with Gasteiger partial charge in [0.1, 0.15) is 0 Å². The van der Waals surface area contributed by atoms with Crippen LogP contribution in [0.15, 0.2) is 29.9 Å². The maximum absolute atomic E-state index is 6.30. The summed E-state index contributed by atoms with van der Waals surface area (Å²) < 4.78 is 8.20. The van der Waals surface area contributed by atoms with E-state index in [0.717, 1.165) is 38.5 Å². The van der Waals surface area contributed by atoms with E-state index in [-0.39, 0.29) is 0 Å². The number of hydrogen-bond donors (Lipinski definition) is 0. The third kappa shape index (κ3) is 3.84. The Morgan fingerprint density at radius 3 is 2.96 bits per heavy atom. The van der Waals surface area contributed by atoms with E-state index < -0.39 is 0 Å². The molecule has 23 heavy (non-hydrogen) atoms. The summed E-state index contributed by atoms with van der Waals surface area (Å²) in [5, 5.41) is 6.50. The van der Waals surface area contributed by atoms with E-state index in [1.807, 2.05) is 29.3 Å². The van der Waals surface area contributed by atoms with Crippen molar-refractivity contribution >= 4 is 11.3 Å². The fourth-order valence-electron chi connectivity index (χ4n) is 3.50. The molecule has 0 aromatic carbocycles. The summed E-state index contributed by atoms with van der Waals surface area (Å²) in [6.07, 6.45) is 9.42. The summed E-state index contributed by atoms with van der Waals surface area (Å²) >= 11 is 1.85. The van der Waals surface area contributed by atoms with E-state index in [1.54, 1.807) is 0 Å². The lowest BCUT2D eigenvalue weighted by molar-refractivity contribution is 0.0198. The van der Waals surface area contributed by atoms with Gasteiger partial charge in [0, 0.05) is 43.9 Å². The molecule has 2 aromatic rings. The van der Waals surface area contributed by atoms with Crippen molar-refractivity contribution in [2.75, 3.05) is 13.2 Å². The highest BCUT2D eigenvalue weighted by atomic mass is 32.1. The molecule has 124 valence electrons. The van der Waals surface area contributed by atoms with Gasteiger partial charge in [-0.3, -0.25) is 9.58 Å². The van der Waals surface area contributed by atoms with Crippen LogP contribution in [0.4, 0.5) is 0 Å². The van der Waals surface area contributed by atoms with Gasteiger partial charge in [-0.1, -0.05) is 6.07 Å². The van der Waals surface area contributed by atoms with E-state index in [1.165, 1.54) is 23.3 Å². The van der Waals surface area contributed by atoms with E-state index in [9.17, 15) is 0 Å². The van der Waals surface area contributed by atoms with Gasteiger partial charge >= 0.3 is 0 Å². The first-order chi connectivity index (χ1) is 11.3. The average Bonchev–Trinajstić information content (AvgIpc) is 2.92. The predicted molar refractivity (Wildman–Crippen MR) is 92.5 cm³/mol. The summed E-state index contributed by atoms with van der Waals surface area (Å²) in [5.74, 6) is 0.834. The molecule has 4 nitrogen and oxygen atoms in total. The molecule has 0 amide bonds. The van der Waals surface area contributed by atoms with E-state index in [0.29, 0.717) is 12.1 Å². The molecule has 1 aliphatic carbocycles. The number of likely N-dealkylation sites (tertiary alicyclic amines) is 1. The van der Waals surface area contributed by atoms with Gasteiger partial charge in [-0.25, -0.2) is 0 Å².